The molecule has 1 saturated heterocycles. The lowest BCUT2D eigenvalue weighted by atomic mass is 10.2. The SMILES string of the molecule is O=C(CNCc1ccccc1O)N1CCCCCC1. The molecule has 2 rings (SSSR count). The molecule has 4 heteroatoms. The molecule has 1 fully saturated rings. The van der Waals surface area contributed by atoms with Crippen molar-refractivity contribution in [3.63, 3.8) is 0 Å². The molecular weight excluding hydrogens is 240 g/mol. The number of amides is 1. The van der Waals surface area contributed by atoms with Crippen LogP contribution >= 0.6 is 0 Å². The van der Waals surface area contributed by atoms with Crippen LogP contribution in [0.3, 0.4) is 0 Å². The zero-order valence-electron chi connectivity index (χ0n) is 11.3. The maximum Gasteiger partial charge on any atom is 0.236 e. The molecule has 0 atom stereocenters. The number of rotatable bonds is 4. The van der Waals surface area contributed by atoms with Gasteiger partial charge in [0.15, 0.2) is 0 Å². The van der Waals surface area contributed by atoms with Gasteiger partial charge in [0, 0.05) is 25.2 Å². The molecule has 4 nitrogen and oxygen atoms in total. The molecule has 1 aromatic rings. The number of aromatic hydroxyl groups is 1. The standard InChI is InChI=1S/C15H22N2O2/c18-14-8-4-3-7-13(14)11-16-12-15(19)17-9-5-1-2-6-10-17/h3-4,7-8,16,18H,1-2,5-6,9-12H2. The van der Waals surface area contributed by atoms with Crippen LogP contribution < -0.4 is 5.32 Å². The highest BCUT2D eigenvalue weighted by Gasteiger charge is 2.14. The fourth-order valence-corrected chi connectivity index (χ4v) is 2.40. The third-order valence-corrected chi connectivity index (χ3v) is 3.54. The molecule has 1 heterocycles. The molecule has 1 amide bonds. The molecule has 1 aromatic carbocycles. The Morgan fingerprint density at radius 3 is 2.53 bits per heavy atom. The van der Waals surface area contributed by atoms with Crippen LogP contribution in [0.15, 0.2) is 24.3 Å². The van der Waals surface area contributed by atoms with E-state index in [2.05, 4.69) is 5.32 Å². The van der Waals surface area contributed by atoms with Crippen LogP contribution in [0.4, 0.5) is 0 Å². The van der Waals surface area contributed by atoms with Crippen molar-refractivity contribution in [1.29, 1.82) is 0 Å². The fourth-order valence-electron chi connectivity index (χ4n) is 2.40. The summed E-state index contributed by atoms with van der Waals surface area (Å²) in [5.74, 6) is 0.439. The van der Waals surface area contributed by atoms with Gasteiger partial charge in [-0.15, -0.1) is 0 Å². The molecule has 0 unspecified atom stereocenters. The predicted octanol–water partition coefficient (Wildman–Crippen LogP) is 1.88. The Hall–Kier alpha value is -1.55. The van der Waals surface area contributed by atoms with Crippen LogP contribution in [0.25, 0.3) is 0 Å². The summed E-state index contributed by atoms with van der Waals surface area (Å²) in [6.45, 7) is 2.63. The van der Waals surface area contributed by atoms with Gasteiger partial charge in [0.2, 0.25) is 5.91 Å². The zero-order valence-corrected chi connectivity index (χ0v) is 11.3. The maximum atomic E-state index is 12.0. The van der Waals surface area contributed by atoms with Gasteiger partial charge in [-0.1, -0.05) is 31.0 Å². The van der Waals surface area contributed by atoms with Crippen LogP contribution in [0.2, 0.25) is 0 Å². The second-order valence-corrected chi connectivity index (χ2v) is 5.03. The number of hydrogen-bond donors (Lipinski definition) is 2. The molecule has 19 heavy (non-hydrogen) atoms. The van der Waals surface area contributed by atoms with Gasteiger partial charge < -0.3 is 15.3 Å². The van der Waals surface area contributed by atoms with Crippen molar-refractivity contribution in [1.82, 2.24) is 10.2 Å². The summed E-state index contributed by atoms with van der Waals surface area (Å²) in [5, 5.41) is 12.7. The van der Waals surface area contributed by atoms with Crippen molar-refractivity contribution in [3.05, 3.63) is 29.8 Å². The quantitative estimate of drug-likeness (QED) is 0.871. The summed E-state index contributed by atoms with van der Waals surface area (Å²) >= 11 is 0. The number of nitrogens with one attached hydrogen (secondary N) is 1. The van der Waals surface area contributed by atoms with Gasteiger partial charge >= 0.3 is 0 Å². The number of likely N-dealkylation sites (tertiary alicyclic amines) is 1. The van der Waals surface area contributed by atoms with Crippen LogP contribution in [0, 0.1) is 0 Å². The third kappa shape index (κ3) is 4.24. The lowest BCUT2D eigenvalue weighted by molar-refractivity contribution is -0.130. The average Bonchev–Trinajstić information content (AvgIpc) is 2.70. The summed E-state index contributed by atoms with van der Waals surface area (Å²) in [5.41, 5.74) is 0.825. The van der Waals surface area contributed by atoms with E-state index in [1.807, 2.05) is 17.0 Å². The molecule has 2 N–H and O–H groups in total. The predicted molar refractivity (Wildman–Crippen MR) is 74.9 cm³/mol. The number of benzene rings is 1. The first-order chi connectivity index (χ1) is 9.27. The second kappa shape index (κ2) is 7.14. The highest BCUT2D eigenvalue weighted by Crippen LogP contribution is 2.14. The lowest BCUT2D eigenvalue weighted by Gasteiger charge is -2.20. The molecule has 0 bridgehead atoms. The first kappa shape index (κ1) is 13.9. The summed E-state index contributed by atoms with van der Waals surface area (Å²) in [6, 6.07) is 7.20. The van der Waals surface area contributed by atoms with Crippen molar-refractivity contribution in [2.75, 3.05) is 19.6 Å². The minimum Gasteiger partial charge on any atom is -0.508 e. The number of phenols is 1. The van der Waals surface area contributed by atoms with E-state index in [1.165, 1.54) is 12.8 Å². The van der Waals surface area contributed by atoms with Crippen LogP contribution in [-0.4, -0.2) is 35.5 Å². The molecule has 1 aliphatic rings. The largest absolute Gasteiger partial charge is 0.508 e. The minimum absolute atomic E-state index is 0.164. The number of hydrogen-bond acceptors (Lipinski definition) is 3. The minimum atomic E-state index is 0.164. The third-order valence-electron chi connectivity index (χ3n) is 3.54. The first-order valence-electron chi connectivity index (χ1n) is 7.03. The highest BCUT2D eigenvalue weighted by atomic mass is 16.3. The summed E-state index contributed by atoms with van der Waals surface area (Å²) < 4.78 is 0. The maximum absolute atomic E-state index is 12.0. The van der Waals surface area contributed by atoms with Gasteiger partial charge in [-0.2, -0.15) is 0 Å². The lowest BCUT2D eigenvalue weighted by Crippen LogP contribution is -2.38. The second-order valence-electron chi connectivity index (χ2n) is 5.03. The van der Waals surface area contributed by atoms with Crippen molar-refractivity contribution in [3.8, 4) is 5.75 Å². The molecule has 104 valence electrons. The summed E-state index contributed by atoms with van der Waals surface area (Å²) in [6.07, 6.45) is 4.70. The topological polar surface area (TPSA) is 52.6 Å². The van der Waals surface area contributed by atoms with E-state index in [0.29, 0.717) is 13.1 Å². The van der Waals surface area contributed by atoms with Crippen molar-refractivity contribution in [2.24, 2.45) is 0 Å². The van der Waals surface area contributed by atoms with E-state index in [9.17, 15) is 9.90 Å². The fraction of sp³-hybridized carbons (Fsp3) is 0.533. The van der Waals surface area contributed by atoms with Gasteiger partial charge in [-0.05, 0) is 18.9 Å². The van der Waals surface area contributed by atoms with E-state index < -0.39 is 0 Å². The number of carbonyl (C=O) groups is 1. The van der Waals surface area contributed by atoms with Crippen LogP contribution in [0.5, 0.6) is 5.75 Å². The van der Waals surface area contributed by atoms with Crippen molar-refractivity contribution in [2.45, 2.75) is 32.2 Å². The zero-order chi connectivity index (χ0) is 13.5. The summed E-state index contributed by atoms with van der Waals surface area (Å²) in [4.78, 5) is 14.0. The Morgan fingerprint density at radius 2 is 1.84 bits per heavy atom. The normalized spacial score (nSPS) is 16.1. The van der Waals surface area contributed by atoms with Crippen molar-refractivity contribution < 1.29 is 9.90 Å². The van der Waals surface area contributed by atoms with Crippen LogP contribution in [-0.2, 0) is 11.3 Å². The van der Waals surface area contributed by atoms with E-state index in [1.54, 1.807) is 12.1 Å². The average molecular weight is 262 g/mol. The Balaban J connectivity index is 1.76. The molecule has 0 saturated carbocycles. The molecular formula is C15H22N2O2. The van der Waals surface area contributed by atoms with Gasteiger partial charge in [0.25, 0.3) is 0 Å². The van der Waals surface area contributed by atoms with Gasteiger partial charge in [0.1, 0.15) is 5.75 Å². The number of phenolic OH excluding ortho intramolecular Hbond substituents is 1. The number of nitrogens with zero attached hydrogens (tertiary/aromatic N) is 1. The van der Waals surface area contributed by atoms with E-state index >= 15 is 0 Å². The van der Waals surface area contributed by atoms with E-state index in [0.717, 1.165) is 31.5 Å². The Bertz CT molecular complexity index is 412. The van der Waals surface area contributed by atoms with Gasteiger partial charge in [-0.3, -0.25) is 4.79 Å². The first-order valence-corrected chi connectivity index (χ1v) is 7.03. The molecule has 0 spiro atoms. The molecule has 0 aliphatic carbocycles. The van der Waals surface area contributed by atoms with Gasteiger partial charge in [0.05, 0.1) is 6.54 Å². The Labute approximate surface area is 114 Å². The molecule has 0 aromatic heterocycles. The van der Waals surface area contributed by atoms with E-state index in [-0.39, 0.29) is 11.7 Å². The van der Waals surface area contributed by atoms with Crippen molar-refractivity contribution >= 4 is 5.91 Å². The monoisotopic (exact) mass is 262 g/mol. The smallest absolute Gasteiger partial charge is 0.236 e. The number of para-hydroxylation sites is 1. The Morgan fingerprint density at radius 1 is 1.16 bits per heavy atom. The molecule has 0 radical (unpaired) electrons. The van der Waals surface area contributed by atoms with E-state index in [4.69, 9.17) is 0 Å². The number of carbonyl (C=O) groups excluding carboxylic acids is 1. The Kier molecular flexibility index (Phi) is 5.21. The van der Waals surface area contributed by atoms with Gasteiger partial charge in [-0.25, -0.2) is 0 Å². The highest BCUT2D eigenvalue weighted by molar-refractivity contribution is 5.78. The van der Waals surface area contributed by atoms with Crippen LogP contribution in [0.1, 0.15) is 31.2 Å². The summed E-state index contributed by atoms with van der Waals surface area (Å²) in [7, 11) is 0. The molecule has 1 aliphatic heterocycles.